The molecule has 11 heteroatoms. The lowest BCUT2D eigenvalue weighted by atomic mass is 9.89. The van der Waals surface area contributed by atoms with Crippen molar-refractivity contribution in [2.75, 3.05) is 69.0 Å². The number of hydrogen-bond donors (Lipinski definition) is 2. The van der Waals surface area contributed by atoms with Gasteiger partial charge in [0.1, 0.15) is 17.8 Å². The summed E-state index contributed by atoms with van der Waals surface area (Å²) in [5.74, 6) is 1.50. The highest BCUT2D eigenvalue weighted by Crippen LogP contribution is 2.54. The normalized spacial score (nSPS) is 29.4. The molecule has 2 aromatic rings. The molecule has 7 rings (SSSR count). The van der Waals surface area contributed by atoms with Crippen LogP contribution >= 0.6 is 0 Å². The van der Waals surface area contributed by atoms with Gasteiger partial charge in [0.15, 0.2) is 5.82 Å². The molecule has 4 fully saturated rings. The number of aromatic nitrogens is 2. The van der Waals surface area contributed by atoms with Gasteiger partial charge in [0.05, 0.1) is 24.4 Å². The maximum atomic E-state index is 14.0. The Balaban J connectivity index is 1.00. The molecule has 1 saturated heterocycles. The van der Waals surface area contributed by atoms with Gasteiger partial charge in [-0.1, -0.05) is 12.8 Å². The third kappa shape index (κ3) is 5.85. The van der Waals surface area contributed by atoms with E-state index in [4.69, 9.17) is 4.74 Å². The number of likely N-dealkylation sites (N-methyl/N-ethyl adjacent to an activating group) is 1. The van der Waals surface area contributed by atoms with Crippen molar-refractivity contribution in [3.05, 3.63) is 36.3 Å². The van der Waals surface area contributed by atoms with E-state index < -0.39 is 5.41 Å². The molecule has 45 heavy (non-hydrogen) atoms. The summed E-state index contributed by atoms with van der Waals surface area (Å²) in [7, 11) is 5.67. The van der Waals surface area contributed by atoms with Crippen molar-refractivity contribution in [2.24, 2.45) is 5.41 Å². The van der Waals surface area contributed by atoms with Gasteiger partial charge in [-0.25, -0.2) is 9.97 Å². The molecule has 3 aliphatic carbocycles. The summed E-state index contributed by atoms with van der Waals surface area (Å²) in [6.07, 6.45) is 13.0. The van der Waals surface area contributed by atoms with Gasteiger partial charge in [0, 0.05) is 69.5 Å². The predicted molar refractivity (Wildman–Crippen MR) is 175 cm³/mol. The second kappa shape index (κ2) is 12.4. The number of rotatable bonds is 7. The van der Waals surface area contributed by atoms with E-state index in [-0.39, 0.29) is 23.9 Å². The summed E-state index contributed by atoms with van der Waals surface area (Å²) in [5.41, 5.74) is 1.60. The quantitative estimate of drug-likeness (QED) is 0.485. The number of ether oxygens (including phenoxy) is 1. The number of amides is 2. The Hall–Kier alpha value is -3.44. The molecule has 11 nitrogen and oxygen atoms in total. The number of piperazine rings is 1. The second-order valence-corrected chi connectivity index (χ2v) is 14.0. The van der Waals surface area contributed by atoms with Crippen LogP contribution in [0.5, 0.6) is 5.75 Å². The lowest BCUT2D eigenvalue weighted by Crippen LogP contribution is -2.51. The van der Waals surface area contributed by atoms with Crippen LogP contribution in [0.2, 0.25) is 0 Å². The number of anilines is 3. The molecular weight excluding hydrogens is 568 g/mol. The minimum absolute atomic E-state index is 0.0531. The highest BCUT2D eigenvalue weighted by Gasteiger charge is 2.64. The molecule has 2 N–H and O–H groups in total. The number of hydrogen-bond acceptors (Lipinski definition) is 9. The molecule has 2 aliphatic heterocycles. The van der Waals surface area contributed by atoms with Gasteiger partial charge < -0.3 is 30.1 Å². The highest BCUT2D eigenvalue weighted by atomic mass is 16.5. The van der Waals surface area contributed by atoms with Crippen LogP contribution in [0.4, 0.5) is 17.2 Å². The van der Waals surface area contributed by atoms with Crippen molar-refractivity contribution < 1.29 is 14.3 Å². The fourth-order valence-corrected chi connectivity index (χ4v) is 8.27. The van der Waals surface area contributed by atoms with Gasteiger partial charge in [0.2, 0.25) is 5.91 Å². The Bertz CT molecular complexity index is 1400. The average molecular weight is 617 g/mol. The lowest BCUT2D eigenvalue weighted by molar-refractivity contribution is -0.123. The molecule has 1 spiro atoms. The maximum Gasteiger partial charge on any atom is 0.251 e. The Morgan fingerprint density at radius 1 is 1.00 bits per heavy atom. The Morgan fingerprint density at radius 2 is 1.76 bits per heavy atom. The average Bonchev–Trinajstić information content (AvgIpc) is 3.50. The standard InChI is InChI=1S/C34H48N8O3/c1-39-14-16-41(17-15-39)25-11-9-24(10-12-25)37-32(43)23-8-13-27(29(18-23)45-3)38-30-19-34(30)21-42(26-6-4-5-7-26)31-28(20-35-22-36-31)40(2)33(34)44/h8,13,18,20,22,24-26,30,38H,4-7,9-12,14-17,19,21H2,1-3H3,(H,37,43)/t24-,25-,30?,34?. The van der Waals surface area contributed by atoms with Crippen LogP contribution in [-0.4, -0.2) is 110 Å². The fraction of sp³-hybridized carbons (Fsp3) is 0.647. The van der Waals surface area contributed by atoms with E-state index in [1.807, 2.05) is 25.2 Å². The summed E-state index contributed by atoms with van der Waals surface area (Å²) in [5, 5.41) is 6.91. The topological polar surface area (TPSA) is 106 Å². The number of nitrogens with one attached hydrogen (secondary N) is 2. The zero-order chi connectivity index (χ0) is 31.1. The van der Waals surface area contributed by atoms with Crippen molar-refractivity contribution in [3.63, 3.8) is 0 Å². The van der Waals surface area contributed by atoms with Crippen molar-refractivity contribution in [2.45, 2.75) is 82.0 Å². The zero-order valence-corrected chi connectivity index (χ0v) is 27.0. The largest absolute Gasteiger partial charge is 0.495 e. The molecule has 2 amide bonds. The van der Waals surface area contributed by atoms with E-state index in [0.717, 1.165) is 88.3 Å². The van der Waals surface area contributed by atoms with Crippen LogP contribution in [0.3, 0.4) is 0 Å². The number of methoxy groups -OCH3 is 1. The van der Waals surface area contributed by atoms with E-state index in [1.54, 1.807) is 24.5 Å². The van der Waals surface area contributed by atoms with Gasteiger partial charge in [-0.2, -0.15) is 0 Å². The van der Waals surface area contributed by atoms with Crippen LogP contribution in [0.1, 0.15) is 68.1 Å². The Kier molecular flexibility index (Phi) is 8.33. The minimum Gasteiger partial charge on any atom is -0.495 e. The Labute approximate surface area is 266 Å². The Morgan fingerprint density at radius 3 is 2.49 bits per heavy atom. The van der Waals surface area contributed by atoms with Gasteiger partial charge in [-0.05, 0) is 70.2 Å². The molecule has 3 saturated carbocycles. The molecule has 3 heterocycles. The number of carbonyl (C=O) groups is 2. The summed E-state index contributed by atoms with van der Waals surface area (Å²) in [4.78, 5) is 45.3. The van der Waals surface area contributed by atoms with E-state index >= 15 is 0 Å². The molecular formula is C34H48N8O3. The molecule has 0 bridgehead atoms. The van der Waals surface area contributed by atoms with Crippen molar-refractivity contribution in [1.82, 2.24) is 25.1 Å². The number of benzene rings is 1. The molecule has 1 aromatic heterocycles. The molecule has 242 valence electrons. The van der Waals surface area contributed by atoms with Crippen molar-refractivity contribution >= 4 is 29.0 Å². The monoisotopic (exact) mass is 616 g/mol. The third-order valence-electron chi connectivity index (χ3n) is 11.2. The van der Waals surface area contributed by atoms with Crippen LogP contribution < -0.4 is 25.2 Å². The molecule has 2 unspecified atom stereocenters. The van der Waals surface area contributed by atoms with E-state index in [2.05, 4.69) is 42.3 Å². The minimum atomic E-state index is -0.567. The SMILES string of the molecule is COc1cc(C(=O)N[C@H]2CC[C@H](N3CCN(C)CC3)CC2)ccc1NC1CC12CN(C1CCCC1)c1ncncc1N(C)C2=O. The third-order valence-corrected chi connectivity index (χ3v) is 11.2. The van der Waals surface area contributed by atoms with E-state index in [9.17, 15) is 9.59 Å². The summed E-state index contributed by atoms with van der Waals surface area (Å²) < 4.78 is 5.77. The first-order valence-electron chi connectivity index (χ1n) is 16.9. The van der Waals surface area contributed by atoms with Gasteiger partial charge in [0.25, 0.3) is 5.91 Å². The number of fused-ring (bicyclic) bond motifs is 1. The summed E-state index contributed by atoms with van der Waals surface area (Å²) in [6, 6.07) is 6.77. The van der Waals surface area contributed by atoms with Crippen LogP contribution in [0.25, 0.3) is 0 Å². The predicted octanol–water partition coefficient (Wildman–Crippen LogP) is 3.37. The number of carbonyl (C=O) groups excluding carboxylic acids is 2. The first-order chi connectivity index (χ1) is 21.9. The fourth-order valence-electron chi connectivity index (χ4n) is 8.27. The van der Waals surface area contributed by atoms with E-state index in [1.165, 1.54) is 12.8 Å². The van der Waals surface area contributed by atoms with Gasteiger partial charge in [-0.3, -0.25) is 14.5 Å². The summed E-state index contributed by atoms with van der Waals surface area (Å²) in [6.45, 7) is 5.20. The first kappa shape index (κ1) is 30.2. The molecule has 5 aliphatic rings. The highest BCUT2D eigenvalue weighted by molar-refractivity contribution is 6.04. The first-order valence-corrected chi connectivity index (χ1v) is 16.9. The second-order valence-electron chi connectivity index (χ2n) is 14.0. The van der Waals surface area contributed by atoms with Crippen molar-refractivity contribution in [3.8, 4) is 5.75 Å². The lowest BCUT2D eigenvalue weighted by Gasteiger charge is -2.41. The van der Waals surface area contributed by atoms with E-state index in [0.29, 0.717) is 29.9 Å². The van der Waals surface area contributed by atoms with Crippen molar-refractivity contribution in [1.29, 1.82) is 0 Å². The molecule has 1 aromatic carbocycles. The van der Waals surface area contributed by atoms with Crippen LogP contribution in [-0.2, 0) is 4.79 Å². The smallest absolute Gasteiger partial charge is 0.251 e. The summed E-state index contributed by atoms with van der Waals surface area (Å²) >= 11 is 0. The molecule has 0 radical (unpaired) electrons. The van der Waals surface area contributed by atoms with Crippen LogP contribution in [0.15, 0.2) is 30.7 Å². The zero-order valence-electron chi connectivity index (χ0n) is 27.0. The molecule has 2 atom stereocenters. The van der Waals surface area contributed by atoms with Crippen LogP contribution in [0, 0.1) is 5.41 Å². The van der Waals surface area contributed by atoms with Gasteiger partial charge in [-0.15, -0.1) is 0 Å². The van der Waals surface area contributed by atoms with Gasteiger partial charge >= 0.3 is 0 Å². The number of nitrogens with zero attached hydrogens (tertiary/aromatic N) is 6. The maximum absolute atomic E-state index is 14.0.